The summed E-state index contributed by atoms with van der Waals surface area (Å²) < 4.78 is 0. The van der Waals surface area contributed by atoms with E-state index in [2.05, 4.69) is 0 Å². The third-order valence-corrected chi connectivity index (χ3v) is 1.89. The zero-order valence-electron chi connectivity index (χ0n) is 6.45. The Hall–Kier alpha value is -0.650. The molecular formula is C6H14N2O3. The van der Waals surface area contributed by atoms with E-state index < -0.39 is 24.0 Å². The van der Waals surface area contributed by atoms with Gasteiger partial charge in [-0.1, -0.05) is 0 Å². The van der Waals surface area contributed by atoms with Gasteiger partial charge in [0.1, 0.15) is 5.41 Å². The van der Waals surface area contributed by atoms with Crippen molar-refractivity contribution in [1.29, 1.82) is 0 Å². The molecule has 5 nitrogen and oxygen atoms in total. The zero-order chi connectivity index (χ0) is 9.07. The standard InChI is InChI=1S/C6H14N2O3/c1-6(3-9,5(10)11)4(8)2-7/h4,9H,2-3,7-8H2,1H3,(H,10,11). The first kappa shape index (κ1) is 10.3. The number of hydrogen-bond acceptors (Lipinski definition) is 4. The average Bonchev–Trinajstić information content (AvgIpc) is 2.01. The number of carboxylic acid groups (broad SMARTS) is 1. The summed E-state index contributed by atoms with van der Waals surface area (Å²) in [6.07, 6.45) is 0. The maximum absolute atomic E-state index is 10.6. The number of hydrogen-bond donors (Lipinski definition) is 4. The van der Waals surface area contributed by atoms with Crippen LogP contribution >= 0.6 is 0 Å². The Morgan fingerprint density at radius 2 is 2.18 bits per heavy atom. The lowest BCUT2D eigenvalue weighted by Crippen LogP contribution is -2.51. The Balaban J connectivity index is 4.45. The molecule has 0 fully saturated rings. The molecule has 2 unspecified atom stereocenters. The highest BCUT2D eigenvalue weighted by molar-refractivity contribution is 5.75. The van der Waals surface area contributed by atoms with E-state index >= 15 is 0 Å². The molecule has 2 atom stereocenters. The Labute approximate surface area is 65.0 Å². The maximum atomic E-state index is 10.6. The lowest BCUT2D eigenvalue weighted by atomic mass is 9.84. The van der Waals surface area contributed by atoms with Gasteiger partial charge in [-0.2, -0.15) is 0 Å². The maximum Gasteiger partial charge on any atom is 0.313 e. The van der Waals surface area contributed by atoms with Crippen LogP contribution in [0.2, 0.25) is 0 Å². The van der Waals surface area contributed by atoms with Crippen molar-refractivity contribution in [3.8, 4) is 0 Å². The molecule has 5 heteroatoms. The van der Waals surface area contributed by atoms with Gasteiger partial charge in [-0.25, -0.2) is 0 Å². The smallest absolute Gasteiger partial charge is 0.313 e. The molecule has 11 heavy (non-hydrogen) atoms. The monoisotopic (exact) mass is 162 g/mol. The van der Waals surface area contributed by atoms with E-state index in [1.54, 1.807) is 0 Å². The molecule has 0 saturated carbocycles. The van der Waals surface area contributed by atoms with Crippen LogP contribution < -0.4 is 11.5 Å². The molecule has 0 bridgehead atoms. The summed E-state index contributed by atoms with van der Waals surface area (Å²) in [7, 11) is 0. The van der Waals surface area contributed by atoms with Gasteiger partial charge >= 0.3 is 5.97 Å². The third-order valence-electron chi connectivity index (χ3n) is 1.89. The summed E-state index contributed by atoms with van der Waals surface area (Å²) in [5.74, 6) is -1.13. The molecule has 0 amide bonds. The number of aliphatic hydroxyl groups is 1. The predicted octanol–water partition coefficient (Wildman–Crippen LogP) is -1.64. The molecule has 0 heterocycles. The minimum atomic E-state index is -1.32. The Morgan fingerprint density at radius 1 is 1.73 bits per heavy atom. The highest BCUT2D eigenvalue weighted by atomic mass is 16.4. The minimum absolute atomic E-state index is 0.0450. The number of carboxylic acids is 1. The number of rotatable bonds is 4. The van der Waals surface area contributed by atoms with Crippen molar-refractivity contribution in [2.75, 3.05) is 13.2 Å². The molecule has 0 aromatic rings. The predicted molar refractivity (Wildman–Crippen MR) is 39.9 cm³/mol. The van der Waals surface area contributed by atoms with Crippen LogP contribution in [0.3, 0.4) is 0 Å². The topological polar surface area (TPSA) is 110 Å². The molecule has 6 N–H and O–H groups in total. The van der Waals surface area contributed by atoms with E-state index in [0.717, 1.165) is 0 Å². The molecule has 0 aliphatic rings. The molecule has 0 aliphatic heterocycles. The number of aliphatic carboxylic acids is 1. The molecule has 0 rings (SSSR count). The van der Waals surface area contributed by atoms with Crippen molar-refractivity contribution in [3.63, 3.8) is 0 Å². The van der Waals surface area contributed by atoms with Crippen LogP contribution in [0.5, 0.6) is 0 Å². The second kappa shape index (κ2) is 3.66. The first-order valence-electron chi connectivity index (χ1n) is 3.29. The van der Waals surface area contributed by atoms with Crippen LogP contribution in [0.4, 0.5) is 0 Å². The molecule has 0 aromatic heterocycles. The average molecular weight is 162 g/mol. The fourth-order valence-corrected chi connectivity index (χ4v) is 0.604. The van der Waals surface area contributed by atoms with E-state index in [0.29, 0.717) is 0 Å². The third kappa shape index (κ3) is 1.89. The van der Waals surface area contributed by atoms with Crippen LogP contribution in [-0.4, -0.2) is 35.4 Å². The molecule has 0 radical (unpaired) electrons. The van der Waals surface area contributed by atoms with E-state index in [4.69, 9.17) is 21.7 Å². The first-order valence-corrected chi connectivity index (χ1v) is 3.29. The van der Waals surface area contributed by atoms with Gasteiger partial charge in [0.15, 0.2) is 0 Å². The molecule has 0 aliphatic carbocycles. The van der Waals surface area contributed by atoms with Gasteiger partial charge in [0.2, 0.25) is 0 Å². The zero-order valence-corrected chi connectivity index (χ0v) is 6.45. The first-order chi connectivity index (χ1) is 4.99. The van der Waals surface area contributed by atoms with Crippen LogP contribution in [0, 0.1) is 5.41 Å². The highest BCUT2D eigenvalue weighted by Gasteiger charge is 2.38. The van der Waals surface area contributed by atoms with E-state index in [9.17, 15) is 4.79 Å². The van der Waals surface area contributed by atoms with Crippen LogP contribution in [0.15, 0.2) is 0 Å². The molecule has 0 aromatic carbocycles. The number of aliphatic hydroxyl groups excluding tert-OH is 1. The van der Waals surface area contributed by atoms with Gasteiger partial charge in [0, 0.05) is 12.6 Å². The second-order valence-electron chi connectivity index (χ2n) is 2.72. The quantitative estimate of drug-likeness (QED) is 0.396. The minimum Gasteiger partial charge on any atom is -0.481 e. The molecule has 66 valence electrons. The number of nitrogens with two attached hydrogens (primary N) is 2. The fourth-order valence-electron chi connectivity index (χ4n) is 0.604. The van der Waals surface area contributed by atoms with Crippen molar-refractivity contribution >= 4 is 5.97 Å². The van der Waals surface area contributed by atoms with Crippen molar-refractivity contribution in [1.82, 2.24) is 0 Å². The van der Waals surface area contributed by atoms with Crippen LogP contribution in [0.1, 0.15) is 6.92 Å². The van der Waals surface area contributed by atoms with Gasteiger partial charge in [-0.05, 0) is 6.92 Å². The molecular weight excluding hydrogens is 148 g/mol. The summed E-state index contributed by atoms with van der Waals surface area (Å²) in [5, 5.41) is 17.4. The van der Waals surface area contributed by atoms with Gasteiger partial charge < -0.3 is 21.7 Å². The highest BCUT2D eigenvalue weighted by Crippen LogP contribution is 2.18. The summed E-state index contributed by atoms with van der Waals surface area (Å²) in [5.41, 5.74) is 9.24. The van der Waals surface area contributed by atoms with Gasteiger partial charge in [0.25, 0.3) is 0 Å². The summed E-state index contributed by atoms with van der Waals surface area (Å²) in [6.45, 7) is 0.914. The number of carbonyl (C=O) groups is 1. The van der Waals surface area contributed by atoms with Gasteiger partial charge in [0.05, 0.1) is 6.61 Å². The van der Waals surface area contributed by atoms with Crippen molar-refractivity contribution in [3.05, 3.63) is 0 Å². The van der Waals surface area contributed by atoms with E-state index in [-0.39, 0.29) is 6.54 Å². The fraction of sp³-hybridized carbons (Fsp3) is 0.833. The summed E-state index contributed by atoms with van der Waals surface area (Å²) >= 11 is 0. The summed E-state index contributed by atoms with van der Waals surface area (Å²) in [6, 6.07) is -0.718. The Kier molecular flexibility index (Phi) is 3.44. The Morgan fingerprint density at radius 3 is 2.27 bits per heavy atom. The normalized spacial score (nSPS) is 18.9. The van der Waals surface area contributed by atoms with Crippen molar-refractivity contribution < 1.29 is 15.0 Å². The van der Waals surface area contributed by atoms with E-state index in [1.165, 1.54) is 6.92 Å². The largest absolute Gasteiger partial charge is 0.481 e. The second-order valence-corrected chi connectivity index (χ2v) is 2.72. The van der Waals surface area contributed by atoms with Gasteiger partial charge in [-0.3, -0.25) is 4.79 Å². The lowest BCUT2D eigenvalue weighted by molar-refractivity contribution is -0.151. The SMILES string of the molecule is CC(CO)(C(=O)O)C(N)CN. The molecule has 0 saturated heterocycles. The van der Waals surface area contributed by atoms with Crippen LogP contribution in [-0.2, 0) is 4.79 Å². The molecule has 0 spiro atoms. The summed E-state index contributed by atoms with van der Waals surface area (Å²) in [4.78, 5) is 10.6. The van der Waals surface area contributed by atoms with Gasteiger partial charge in [-0.15, -0.1) is 0 Å². The van der Waals surface area contributed by atoms with Crippen molar-refractivity contribution in [2.24, 2.45) is 16.9 Å². The van der Waals surface area contributed by atoms with Crippen molar-refractivity contribution in [2.45, 2.75) is 13.0 Å². The van der Waals surface area contributed by atoms with E-state index in [1.807, 2.05) is 0 Å². The van der Waals surface area contributed by atoms with Crippen LogP contribution in [0.25, 0.3) is 0 Å². The lowest BCUT2D eigenvalue weighted by Gasteiger charge is -2.27. The Bertz CT molecular complexity index is 151.